The van der Waals surface area contributed by atoms with Crippen LogP contribution in [0.2, 0.25) is 0 Å². The second kappa shape index (κ2) is 12.7. The van der Waals surface area contributed by atoms with Gasteiger partial charge in [0.15, 0.2) is 0 Å². The standard InChI is InChI=1S/C23H25.C10H15.2CH3.Hf/c1-16(17-7-5-4-6-8-17)11-18-9-10-19-12-20-14-23(2,3)15-21(20)13-22(18)19;1-6-7(2)9(4)10(5)8(6)3;;;/h4-10,12-13,16H,11,14-15H2,1-3H3;1-5H3;2*1H3;/q4*-1;+4. The molecule has 1 unspecified atom stereocenters. The Balaban J connectivity index is 0.000000429. The van der Waals surface area contributed by atoms with Gasteiger partial charge in [0.2, 0.25) is 0 Å². The first-order chi connectivity index (χ1) is 15.6. The van der Waals surface area contributed by atoms with Crippen LogP contribution >= 0.6 is 0 Å². The molecule has 4 aromatic rings. The summed E-state index contributed by atoms with van der Waals surface area (Å²) in [5, 5.41) is 2.90. The van der Waals surface area contributed by atoms with Crippen molar-refractivity contribution in [3.05, 3.63) is 120 Å². The molecule has 36 heavy (non-hydrogen) atoms. The number of fused-ring (bicyclic) bond motifs is 2. The van der Waals surface area contributed by atoms with E-state index in [1.807, 2.05) is 0 Å². The van der Waals surface area contributed by atoms with E-state index in [1.54, 1.807) is 11.1 Å². The van der Waals surface area contributed by atoms with Gasteiger partial charge >= 0.3 is 25.8 Å². The van der Waals surface area contributed by atoms with Gasteiger partial charge in [-0.05, 0) is 29.7 Å². The number of hydrogen-bond donors (Lipinski definition) is 0. The Kier molecular flexibility index (Phi) is 11.4. The molecule has 0 aliphatic heterocycles. The summed E-state index contributed by atoms with van der Waals surface area (Å²) >= 11 is 0. The number of hydrogen-bond acceptors (Lipinski definition) is 0. The fourth-order valence-electron chi connectivity index (χ4n) is 5.64. The summed E-state index contributed by atoms with van der Waals surface area (Å²) in [6.45, 7) is 18.1. The van der Waals surface area contributed by atoms with E-state index >= 15 is 0 Å². The zero-order valence-corrected chi connectivity index (χ0v) is 28.0. The Bertz CT molecular complexity index is 1180. The van der Waals surface area contributed by atoms with Crippen LogP contribution in [0.4, 0.5) is 0 Å². The van der Waals surface area contributed by atoms with Gasteiger partial charge in [-0.2, -0.15) is 33.9 Å². The van der Waals surface area contributed by atoms with Crippen LogP contribution in [0.5, 0.6) is 0 Å². The fourth-order valence-corrected chi connectivity index (χ4v) is 5.64. The summed E-state index contributed by atoms with van der Waals surface area (Å²) < 4.78 is 0. The Hall–Kier alpha value is -1.73. The van der Waals surface area contributed by atoms with E-state index in [4.69, 9.17) is 0 Å². The monoisotopic (exact) mass is 646 g/mol. The second-order valence-corrected chi connectivity index (χ2v) is 11.2. The Morgan fingerprint density at radius 3 is 1.86 bits per heavy atom. The average molecular weight is 645 g/mol. The van der Waals surface area contributed by atoms with Crippen molar-refractivity contribution < 1.29 is 25.8 Å². The molecule has 1 aliphatic rings. The molecule has 0 amide bonds. The predicted molar refractivity (Wildman–Crippen MR) is 158 cm³/mol. The molecule has 0 spiro atoms. The Morgan fingerprint density at radius 1 is 0.833 bits per heavy atom. The summed E-state index contributed by atoms with van der Waals surface area (Å²) in [7, 11) is 0. The third-order valence-electron chi connectivity index (χ3n) is 8.23. The van der Waals surface area contributed by atoms with Crippen LogP contribution in [0.25, 0.3) is 10.8 Å². The van der Waals surface area contributed by atoms with Gasteiger partial charge in [-0.25, -0.2) is 0 Å². The van der Waals surface area contributed by atoms with Gasteiger partial charge in [0.1, 0.15) is 0 Å². The molecular weight excluding hydrogens is 599 g/mol. The van der Waals surface area contributed by atoms with Gasteiger partial charge in [0, 0.05) is 0 Å². The van der Waals surface area contributed by atoms with E-state index in [-0.39, 0.29) is 40.7 Å². The molecule has 1 atom stereocenters. The van der Waals surface area contributed by atoms with Crippen molar-refractivity contribution in [2.24, 2.45) is 5.41 Å². The SMILES string of the molecule is CC(C[c-]1ccc2cc3c(cc21)CC(C)(C)C3)c1ccccc1.Cc1c(C)c(C)[c-](C)c1C.[CH3-].[CH3-].[Hf+4]. The molecule has 0 N–H and O–H groups in total. The van der Waals surface area contributed by atoms with Crippen LogP contribution in [0, 0.1) is 54.9 Å². The van der Waals surface area contributed by atoms with Gasteiger partial charge in [0.25, 0.3) is 0 Å². The average Bonchev–Trinajstić information content (AvgIpc) is 3.37. The maximum atomic E-state index is 2.48. The van der Waals surface area contributed by atoms with E-state index in [0.29, 0.717) is 11.3 Å². The van der Waals surface area contributed by atoms with Crippen molar-refractivity contribution in [2.75, 3.05) is 0 Å². The first-order valence-electron chi connectivity index (χ1n) is 12.5. The zero-order chi connectivity index (χ0) is 23.9. The summed E-state index contributed by atoms with van der Waals surface area (Å²) in [4.78, 5) is 0. The summed E-state index contributed by atoms with van der Waals surface area (Å²) in [6.07, 6.45) is 3.56. The molecule has 0 aromatic heterocycles. The Morgan fingerprint density at radius 2 is 1.36 bits per heavy atom. The van der Waals surface area contributed by atoms with Crippen molar-refractivity contribution in [1.29, 1.82) is 0 Å². The fraction of sp³-hybridized carbons (Fsp3) is 0.371. The van der Waals surface area contributed by atoms with Crippen LogP contribution in [0.3, 0.4) is 0 Å². The van der Waals surface area contributed by atoms with Crippen LogP contribution < -0.4 is 0 Å². The van der Waals surface area contributed by atoms with Gasteiger partial charge in [0.05, 0.1) is 0 Å². The van der Waals surface area contributed by atoms with E-state index in [9.17, 15) is 0 Å². The number of benzene rings is 2. The first kappa shape index (κ1) is 32.3. The molecule has 0 fully saturated rings. The summed E-state index contributed by atoms with van der Waals surface area (Å²) in [5.74, 6) is 0.562. The molecule has 0 saturated heterocycles. The van der Waals surface area contributed by atoms with E-state index in [2.05, 4.69) is 110 Å². The molecule has 0 radical (unpaired) electrons. The molecule has 190 valence electrons. The minimum atomic E-state index is 0. The molecule has 5 rings (SSSR count). The topological polar surface area (TPSA) is 0 Å². The molecule has 4 aromatic carbocycles. The van der Waals surface area contributed by atoms with Gasteiger partial charge in [-0.3, -0.25) is 0 Å². The quantitative estimate of drug-likeness (QED) is 0.154. The molecule has 1 heteroatoms. The molecule has 0 bridgehead atoms. The van der Waals surface area contributed by atoms with Gasteiger partial charge in [-0.15, -0.1) is 34.5 Å². The van der Waals surface area contributed by atoms with E-state index in [1.165, 1.54) is 62.6 Å². The number of rotatable bonds is 3. The maximum absolute atomic E-state index is 2.48. The van der Waals surface area contributed by atoms with Gasteiger partial charge < -0.3 is 14.9 Å². The zero-order valence-electron chi connectivity index (χ0n) is 24.4. The molecule has 0 nitrogen and oxygen atoms in total. The normalized spacial score (nSPS) is 14.0. The van der Waals surface area contributed by atoms with Crippen molar-refractivity contribution in [3.63, 3.8) is 0 Å². The first-order valence-corrected chi connectivity index (χ1v) is 12.5. The minimum Gasteiger partial charge on any atom is -0.358 e. The van der Waals surface area contributed by atoms with Crippen LogP contribution in [0.1, 0.15) is 76.8 Å². The molecule has 1 aliphatic carbocycles. The smallest absolute Gasteiger partial charge is 0.358 e. The second-order valence-electron chi connectivity index (χ2n) is 11.2. The Labute approximate surface area is 241 Å². The van der Waals surface area contributed by atoms with Crippen LogP contribution in [-0.2, 0) is 45.1 Å². The van der Waals surface area contributed by atoms with Gasteiger partial charge in [-0.1, -0.05) is 103 Å². The van der Waals surface area contributed by atoms with Crippen molar-refractivity contribution >= 4 is 10.8 Å². The molecule has 0 heterocycles. The largest absolute Gasteiger partial charge is 4.00 e. The van der Waals surface area contributed by atoms with Crippen LogP contribution in [0.15, 0.2) is 54.6 Å². The molecule has 0 saturated carbocycles. The van der Waals surface area contributed by atoms with Crippen LogP contribution in [-0.4, -0.2) is 0 Å². The van der Waals surface area contributed by atoms with Crippen molar-refractivity contribution in [3.8, 4) is 0 Å². The predicted octanol–water partition coefficient (Wildman–Crippen LogP) is 9.88. The minimum absolute atomic E-state index is 0. The van der Waals surface area contributed by atoms with E-state index < -0.39 is 0 Å². The molecular formula is C35H46Hf. The maximum Gasteiger partial charge on any atom is 4.00 e. The summed E-state index contributed by atoms with van der Waals surface area (Å²) in [5.41, 5.74) is 13.8. The summed E-state index contributed by atoms with van der Waals surface area (Å²) in [6, 6.07) is 20.4. The van der Waals surface area contributed by atoms with Crippen molar-refractivity contribution in [2.45, 2.75) is 80.6 Å². The van der Waals surface area contributed by atoms with E-state index in [0.717, 1.165) is 6.42 Å². The third-order valence-corrected chi connectivity index (χ3v) is 8.23. The van der Waals surface area contributed by atoms with Crippen molar-refractivity contribution in [1.82, 2.24) is 0 Å². The third kappa shape index (κ3) is 6.58.